The van der Waals surface area contributed by atoms with Crippen LogP contribution < -0.4 is 10.1 Å². The maximum absolute atomic E-state index is 12.7. The third-order valence-electron chi connectivity index (χ3n) is 6.71. The molecule has 1 aromatic rings. The van der Waals surface area contributed by atoms with E-state index in [0.29, 0.717) is 12.4 Å². The van der Waals surface area contributed by atoms with Gasteiger partial charge in [-0.15, -0.1) is 0 Å². The number of ether oxygens (including phenoxy) is 2. The Morgan fingerprint density at radius 1 is 1.14 bits per heavy atom. The Bertz CT molecular complexity index is 765. The number of esters is 1. The highest BCUT2D eigenvalue weighted by Gasteiger charge is 2.51. The smallest absolute Gasteiger partial charge is 0.331 e. The van der Waals surface area contributed by atoms with Gasteiger partial charge in [0.25, 0.3) is 5.91 Å². The zero-order valence-electron chi connectivity index (χ0n) is 17.4. The van der Waals surface area contributed by atoms with Gasteiger partial charge in [-0.1, -0.05) is 18.2 Å². The molecule has 29 heavy (non-hydrogen) atoms. The van der Waals surface area contributed by atoms with Crippen LogP contribution in [0.25, 0.3) is 6.08 Å². The van der Waals surface area contributed by atoms with Gasteiger partial charge >= 0.3 is 5.97 Å². The molecule has 4 bridgehead atoms. The van der Waals surface area contributed by atoms with E-state index in [1.807, 2.05) is 31.2 Å². The quantitative estimate of drug-likeness (QED) is 0.555. The Labute approximate surface area is 172 Å². The summed E-state index contributed by atoms with van der Waals surface area (Å²) in [4.78, 5) is 25.0. The van der Waals surface area contributed by atoms with E-state index >= 15 is 0 Å². The molecule has 5 nitrogen and oxygen atoms in total. The van der Waals surface area contributed by atoms with E-state index in [1.165, 1.54) is 25.3 Å². The first-order valence-corrected chi connectivity index (χ1v) is 10.9. The SMILES string of the molecule is CCOc1ccccc1/C=C/C(=O)O[C@H](C)C(=O)NC12CC3CC(CC(C3)C1)C2. The number of hydrogen-bond donors (Lipinski definition) is 1. The predicted molar refractivity (Wildman–Crippen MR) is 111 cm³/mol. The molecule has 1 amide bonds. The Balaban J connectivity index is 1.33. The molecule has 0 radical (unpaired) electrons. The molecule has 0 aromatic heterocycles. The van der Waals surface area contributed by atoms with E-state index in [4.69, 9.17) is 9.47 Å². The van der Waals surface area contributed by atoms with Gasteiger partial charge in [0.15, 0.2) is 6.10 Å². The number of carbonyl (C=O) groups is 2. The van der Waals surface area contributed by atoms with E-state index in [9.17, 15) is 9.59 Å². The molecule has 1 atom stereocenters. The minimum absolute atomic E-state index is 0.0707. The largest absolute Gasteiger partial charge is 0.493 e. The molecule has 1 N–H and O–H groups in total. The second-order valence-corrected chi connectivity index (χ2v) is 9.07. The molecule has 0 aliphatic heterocycles. The van der Waals surface area contributed by atoms with Crippen molar-refractivity contribution < 1.29 is 19.1 Å². The molecule has 156 valence electrons. The van der Waals surface area contributed by atoms with Crippen LogP contribution in [0.3, 0.4) is 0 Å². The number of carbonyl (C=O) groups excluding carboxylic acids is 2. The lowest BCUT2D eigenvalue weighted by Gasteiger charge is -2.57. The molecule has 4 aliphatic rings. The highest BCUT2D eigenvalue weighted by atomic mass is 16.5. The van der Waals surface area contributed by atoms with Crippen molar-refractivity contribution in [3.63, 3.8) is 0 Å². The summed E-state index contributed by atoms with van der Waals surface area (Å²) >= 11 is 0. The summed E-state index contributed by atoms with van der Waals surface area (Å²) in [6, 6.07) is 7.50. The van der Waals surface area contributed by atoms with Gasteiger partial charge in [-0.2, -0.15) is 0 Å². The van der Waals surface area contributed by atoms with Crippen LogP contribution in [0.2, 0.25) is 0 Å². The standard InChI is InChI=1S/C24H31NO4/c1-3-28-21-7-5-4-6-20(21)8-9-22(26)29-16(2)23(27)25-24-13-17-10-18(14-24)12-19(11-17)15-24/h4-9,16-19H,3,10-15H2,1-2H3,(H,25,27)/b9-8+/t16-,17?,18?,19?,24?/m1/s1. The maximum atomic E-state index is 12.7. The van der Waals surface area contributed by atoms with Crippen LogP contribution >= 0.6 is 0 Å². The molecule has 4 saturated carbocycles. The first-order chi connectivity index (χ1) is 14.0. The monoisotopic (exact) mass is 397 g/mol. The van der Waals surface area contributed by atoms with E-state index in [2.05, 4.69) is 5.32 Å². The summed E-state index contributed by atoms with van der Waals surface area (Å²) in [5.74, 6) is 2.28. The molecule has 5 heteroatoms. The average molecular weight is 398 g/mol. The van der Waals surface area contributed by atoms with Gasteiger partial charge in [-0.25, -0.2) is 4.79 Å². The first-order valence-electron chi connectivity index (χ1n) is 10.9. The lowest BCUT2D eigenvalue weighted by Crippen LogP contribution is -2.61. The fourth-order valence-electron chi connectivity index (χ4n) is 5.96. The van der Waals surface area contributed by atoms with E-state index in [0.717, 1.165) is 42.6 Å². The van der Waals surface area contributed by atoms with Crippen LogP contribution in [-0.2, 0) is 14.3 Å². The summed E-state index contributed by atoms with van der Waals surface area (Å²) in [5.41, 5.74) is 0.732. The lowest BCUT2D eigenvalue weighted by atomic mass is 9.53. The Hall–Kier alpha value is -2.30. The number of rotatable bonds is 7. The van der Waals surface area contributed by atoms with Gasteiger partial charge in [0, 0.05) is 17.2 Å². The third-order valence-corrected chi connectivity index (χ3v) is 6.71. The first kappa shape index (κ1) is 20.0. The zero-order valence-corrected chi connectivity index (χ0v) is 17.4. The van der Waals surface area contributed by atoms with E-state index < -0.39 is 12.1 Å². The fraction of sp³-hybridized carbons (Fsp3) is 0.583. The number of hydrogen-bond acceptors (Lipinski definition) is 4. The van der Waals surface area contributed by atoms with Crippen LogP contribution in [0.4, 0.5) is 0 Å². The van der Waals surface area contributed by atoms with Crippen molar-refractivity contribution in [2.24, 2.45) is 17.8 Å². The van der Waals surface area contributed by atoms with E-state index in [-0.39, 0.29) is 11.4 Å². The van der Waals surface area contributed by atoms with Crippen molar-refractivity contribution in [1.82, 2.24) is 5.32 Å². The molecule has 0 unspecified atom stereocenters. The van der Waals surface area contributed by atoms with Gasteiger partial charge in [-0.3, -0.25) is 4.79 Å². The number of para-hydroxylation sites is 1. The number of benzene rings is 1. The minimum Gasteiger partial charge on any atom is -0.493 e. The van der Waals surface area contributed by atoms with Crippen LogP contribution in [-0.4, -0.2) is 30.1 Å². The second-order valence-electron chi connectivity index (χ2n) is 9.07. The van der Waals surface area contributed by atoms with Gasteiger partial charge < -0.3 is 14.8 Å². The summed E-state index contributed by atoms with van der Waals surface area (Å²) < 4.78 is 10.9. The molecule has 4 aliphatic carbocycles. The van der Waals surface area contributed by atoms with Gasteiger partial charge in [-0.05, 0) is 82.3 Å². The van der Waals surface area contributed by atoms with Crippen LogP contribution in [0, 0.1) is 17.8 Å². The average Bonchev–Trinajstić information content (AvgIpc) is 2.66. The normalized spacial score (nSPS) is 30.9. The Morgan fingerprint density at radius 3 is 2.38 bits per heavy atom. The van der Waals surface area contributed by atoms with Gasteiger partial charge in [0.2, 0.25) is 0 Å². The van der Waals surface area contributed by atoms with Crippen molar-refractivity contribution in [3.05, 3.63) is 35.9 Å². The van der Waals surface area contributed by atoms with Gasteiger partial charge in [0.05, 0.1) is 6.61 Å². The number of amides is 1. The predicted octanol–water partition coefficient (Wildman–Crippen LogP) is 4.12. The zero-order chi connectivity index (χ0) is 20.4. The van der Waals surface area contributed by atoms with Crippen LogP contribution in [0.5, 0.6) is 5.75 Å². The molecule has 0 saturated heterocycles. The maximum Gasteiger partial charge on any atom is 0.331 e. The Kier molecular flexibility index (Phi) is 5.66. The molecule has 5 rings (SSSR count). The molecule has 4 fully saturated rings. The van der Waals surface area contributed by atoms with Crippen molar-refractivity contribution in [1.29, 1.82) is 0 Å². The topological polar surface area (TPSA) is 64.6 Å². The van der Waals surface area contributed by atoms with Crippen LogP contribution in [0.15, 0.2) is 30.3 Å². The van der Waals surface area contributed by atoms with E-state index in [1.54, 1.807) is 13.0 Å². The summed E-state index contributed by atoms with van der Waals surface area (Å²) in [5, 5.41) is 3.27. The second kappa shape index (κ2) is 8.21. The molecule has 1 aromatic carbocycles. The fourth-order valence-corrected chi connectivity index (χ4v) is 5.96. The summed E-state index contributed by atoms with van der Waals surface area (Å²) in [6.07, 6.45) is 9.44. The molecular weight excluding hydrogens is 366 g/mol. The van der Waals surface area contributed by atoms with Crippen LogP contribution in [0.1, 0.15) is 57.9 Å². The molecule has 0 spiro atoms. The summed E-state index contributed by atoms with van der Waals surface area (Å²) in [7, 11) is 0. The highest BCUT2D eigenvalue weighted by Crippen LogP contribution is 2.55. The minimum atomic E-state index is -0.803. The number of nitrogens with one attached hydrogen (secondary N) is 1. The molecular formula is C24H31NO4. The molecule has 0 heterocycles. The third kappa shape index (κ3) is 4.49. The highest BCUT2D eigenvalue weighted by molar-refractivity contribution is 5.90. The Morgan fingerprint density at radius 2 is 1.76 bits per heavy atom. The van der Waals surface area contributed by atoms with Crippen molar-refractivity contribution in [2.45, 2.75) is 64.0 Å². The van der Waals surface area contributed by atoms with Crippen molar-refractivity contribution in [3.8, 4) is 5.75 Å². The lowest BCUT2D eigenvalue weighted by molar-refractivity contribution is -0.152. The van der Waals surface area contributed by atoms with Gasteiger partial charge in [0.1, 0.15) is 5.75 Å². The van der Waals surface area contributed by atoms with Crippen molar-refractivity contribution in [2.75, 3.05) is 6.61 Å². The summed E-state index contributed by atoms with van der Waals surface area (Å²) in [6.45, 7) is 4.12. The van der Waals surface area contributed by atoms with Crippen molar-refractivity contribution >= 4 is 18.0 Å².